The molecule has 1 aliphatic rings. The molecule has 110 valence electrons. The van der Waals surface area contributed by atoms with Gasteiger partial charge in [-0.2, -0.15) is 0 Å². The Bertz CT molecular complexity index is 447. The largest absolute Gasteiger partial charge is 0.381 e. The van der Waals surface area contributed by atoms with E-state index in [1.807, 2.05) is 24.3 Å². The number of anilines is 1. The van der Waals surface area contributed by atoms with Crippen LogP contribution in [0.15, 0.2) is 28.7 Å². The average molecular weight is 341 g/mol. The van der Waals surface area contributed by atoms with Crippen LogP contribution in [0, 0.1) is 5.92 Å². The van der Waals surface area contributed by atoms with E-state index >= 15 is 0 Å². The first kappa shape index (κ1) is 15.5. The Morgan fingerprint density at radius 2 is 2.20 bits per heavy atom. The molecule has 0 radical (unpaired) electrons. The highest BCUT2D eigenvalue weighted by molar-refractivity contribution is 9.10. The number of hydrogen-bond donors (Lipinski definition) is 2. The van der Waals surface area contributed by atoms with Crippen molar-refractivity contribution in [2.45, 2.75) is 25.8 Å². The van der Waals surface area contributed by atoms with E-state index in [1.54, 1.807) is 0 Å². The minimum atomic E-state index is -0.0120. The third-order valence-electron chi connectivity index (χ3n) is 3.67. The number of amides is 1. The van der Waals surface area contributed by atoms with E-state index in [0.717, 1.165) is 36.2 Å². The first-order valence-electron chi connectivity index (χ1n) is 7.01. The van der Waals surface area contributed by atoms with Crippen molar-refractivity contribution >= 4 is 27.5 Å². The van der Waals surface area contributed by atoms with Crippen molar-refractivity contribution in [3.8, 4) is 0 Å². The molecule has 1 atom stereocenters. The van der Waals surface area contributed by atoms with Gasteiger partial charge >= 0.3 is 0 Å². The summed E-state index contributed by atoms with van der Waals surface area (Å²) in [5.41, 5.74) is 0.810. The first-order valence-corrected chi connectivity index (χ1v) is 7.81. The van der Waals surface area contributed by atoms with E-state index in [4.69, 9.17) is 4.74 Å². The van der Waals surface area contributed by atoms with E-state index in [2.05, 4.69) is 33.5 Å². The molecule has 1 unspecified atom stereocenters. The Morgan fingerprint density at radius 1 is 1.45 bits per heavy atom. The molecular weight excluding hydrogens is 320 g/mol. The maximum atomic E-state index is 11.9. The summed E-state index contributed by atoms with van der Waals surface area (Å²) in [6, 6.07) is 7.94. The minimum absolute atomic E-state index is 0.0120. The molecule has 1 heterocycles. The maximum Gasteiger partial charge on any atom is 0.238 e. The van der Waals surface area contributed by atoms with Crippen LogP contribution in [0.2, 0.25) is 0 Å². The van der Waals surface area contributed by atoms with Crippen molar-refractivity contribution in [2.24, 2.45) is 5.92 Å². The molecule has 1 aromatic carbocycles. The van der Waals surface area contributed by atoms with Gasteiger partial charge in [-0.1, -0.05) is 22.0 Å². The molecule has 0 saturated carbocycles. The normalized spacial score (nSPS) is 17.7. The van der Waals surface area contributed by atoms with Crippen LogP contribution in [0.1, 0.15) is 19.8 Å². The second kappa shape index (κ2) is 7.76. The molecule has 1 aromatic rings. The molecule has 2 N–H and O–H groups in total. The quantitative estimate of drug-likeness (QED) is 0.866. The van der Waals surface area contributed by atoms with Gasteiger partial charge in [-0.3, -0.25) is 4.79 Å². The zero-order valence-electron chi connectivity index (χ0n) is 11.7. The van der Waals surface area contributed by atoms with Crippen LogP contribution < -0.4 is 10.6 Å². The van der Waals surface area contributed by atoms with Crippen molar-refractivity contribution in [3.05, 3.63) is 28.7 Å². The van der Waals surface area contributed by atoms with Gasteiger partial charge in [-0.25, -0.2) is 0 Å². The smallest absolute Gasteiger partial charge is 0.238 e. The van der Waals surface area contributed by atoms with Crippen LogP contribution in [0.25, 0.3) is 0 Å². The lowest BCUT2D eigenvalue weighted by atomic mass is 9.93. The monoisotopic (exact) mass is 340 g/mol. The summed E-state index contributed by atoms with van der Waals surface area (Å²) in [4.78, 5) is 11.9. The molecule has 1 fully saturated rings. The standard InChI is InChI=1S/C15H21BrN2O2/c1-11(12-5-7-20-8-6-12)17-10-15(19)18-14-4-2-3-13(16)9-14/h2-4,9,11-12,17H,5-8,10H2,1H3,(H,18,19). The highest BCUT2D eigenvalue weighted by Crippen LogP contribution is 2.18. The molecule has 1 amide bonds. The third kappa shape index (κ3) is 4.89. The zero-order valence-corrected chi connectivity index (χ0v) is 13.3. The highest BCUT2D eigenvalue weighted by Gasteiger charge is 2.20. The van der Waals surface area contributed by atoms with Crippen LogP contribution in [0.4, 0.5) is 5.69 Å². The summed E-state index contributed by atoms with van der Waals surface area (Å²) in [7, 11) is 0. The number of rotatable bonds is 5. The molecule has 0 bridgehead atoms. The van der Waals surface area contributed by atoms with Crippen molar-refractivity contribution < 1.29 is 9.53 Å². The minimum Gasteiger partial charge on any atom is -0.381 e. The number of carbonyl (C=O) groups is 1. The summed E-state index contributed by atoms with van der Waals surface area (Å²) in [6.07, 6.45) is 2.14. The van der Waals surface area contributed by atoms with Gasteiger partial charge in [0.15, 0.2) is 0 Å². The van der Waals surface area contributed by atoms with Gasteiger partial charge in [0.1, 0.15) is 0 Å². The van der Waals surface area contributed by atoms with Crippen LogP contribution >= 0.6 is 15.9 Å². The van der Waals surface area contributed by atoms with Crippen LogP contribution in [0.5, 0.6) is 0 Å². The van der Waals surface area contributed by atoms with Gasteiger partial charge in [0, 0.05) is 29.4 Å². The van der Waals surface area contributed by atoms with Gasteiger partial charge in [0.25, 0.3) is 0 Å². The molecule has 5 heteroatoms. The first-order chi connectivity index (χ1) is 9.65. The summed E-state index contributed by atoms with van der Waals surface area (Å²) in [5.74, 6) is 0.587. The van der Waals surface area contributed by atoms with Crippen molar-refractivity contribution in [1.82, 2.24) is 5.32 Å². The molecule has 1 saturated heterocycles. The SMILES string of the molecule is CC(NCC(=O)Nc1cccc(Br)c1)C1CCOCC1. The van der Waals surface area contributed by atoms with Crippen molar-refractivity contribution in [3.63, 3.8) is 0 Å². The van der Waals surface area contributed by atoms with Gasteiger partial charge in [0.05, 0.1) is 6.54 Å². The van der Waals surface area contributed by atoms with Crippen molar-refractivity contribution in [2.75, 3.05) is 25.1 Å². The number of halogens is 1. The second-order valence-corrected chi connectivity index (χ2v) is 6.09. The fourth-order valence-electron chi connectivity index (χ4n) is 2.41. The number of nitrogens with one attached hydrogen (secondary N) is 2. The highest BCUT2D eigenvalue weighted by atomic mass is 79.9. The molecule has 0 aromatic heterocycles. The van der Waals surface area contributed by atoms with Crippen molar-refractivity contribution in [1.29, 1.82) is 0 Å². The topological polar surface area (TPSA) is 50.4 Å². The maximum absolute atomic E-state index is 11.9. The van der Waals surface area contributed by atoms with Gasteiger partial charge in [-0.15, -0.1) is 0 Å². The number of hydrogen-bond acceptors (Lipinski definition) is 3. The molecule has 2 rings (SSSR count). The third-order valence-corrected chi connectivity index (χ3v) is 4.16. The van der Waals surface area contributed by atoms with E-state index < -0.39 is 0 Å². The summed E-state index contributed by atoms with van der Waals surface area (Å²) >= 11 is 3.39. The molecule has 4 nitrogen and oxygen atoms in total. The molecule has 1 aliphatic heterocycles. The van der Waals surface area contributed by atoms with E-state index in [1.165, 1.54) is 0 Å². The predicted octanol–water partition coefficient (Wildman–Crippen LogP) is 2.79. The summed E-state index contributed by atoms with van der Waals surface area (Å²) in [5, 5.41) is 6.19. The fraction of sp³-hybridized carbons (Fsp3) is 0.533. The van der Waals surface area contributed by atoms with E-state index in [-0.39, 0.29) is 5.91 Å². The van der Waals surface area contributed by atoms with Gasteiger partial charge < -0.3 is 15.4 Å². The number of carbonyl (C=O) groups excluding carboxylic acids is 1. The zero-order chi connectivity index (χ0) is 14.4. The van der Waals surface area contributed by atoms with Crippen LogP contribution in [-0.2, 0) is 9.53 Å². The Morgan fingerprint density at radius 3 is 2.90 bits per heavy atom. The number of ether oxygens (including phenoxy) is 1. The molecular formula is C15H21BrN2O2. The van der Waals surface area contributed by atoms with Gasteiger partial charge in [-0.05, 0) is 43.9 Å². The molecule has 0 aliphatic carbocycles. The van der Waals surface area contributed by atoms with Gasteiger partial charge in [0.2, 0.25) is 5.91 Å². The lowest BCUT2D eigenvalue weighted by Gasteiger charge is -2.28. The Kier molecular flexibility index (Phi) is 6.01. The second-order valence-electron chi connectivity index (χ2n) is 5.18. The Hall–Kier alpha value is -0.910. The lowest BCUT2D eigenvalue weighted by molar-refractivity contribution is -0.115. The molecule has 20 heavy (non-hydrogen) atoms. The lowest BCUT2D eigenvalue weighted by Crippen LogP contribution is -2.40. The van der Waals surface area contributed by atoms with Crippen LogP contribution in [-0.4, -0.2) is 31.7 Å². The Balaban J connectivity index is 1.74. The van der Waals surface area contributed by atoms with E-state index in [0.29, 0.717) is 18.5 Å². The number of benzene rings is 1. The average Bonchev–Trinajstić information content (AvgIpc) is 2.46. The summed E-state index contributed by atoms with van der Waals surface area (Å²) in [6.45, 7) is 4.15. The van der Waals surface area contributed by atoms with E-state index in [9.17, 15) is 4.79 Å². The molecule has 0 spiro atoms. The predicted molar refractivity (Wildman–Crippen MR) is 83.8 cm³/mol. The summed E-state index contributed by atoms with van der Waals surface area (Å²) < 4.78 is 6.31. The fourth-order valence-corrected chi connectivity index (χ4v) is 2.81. The van der Waals surface area contributed by atoms with Crippen LogP contribution in [0.3, 0.4) is 0 Å². The Labute approximate surface area is 128 Å².